The van der Waals surface area contributed by atoms with E-state index >= 15 is 0 Å². The van der Waals surface area contributed by atoms with Gasteiger partial charge in [-0.25, -0.2) is 4.79 Å². The number of hydrogen-bond donors (Lipinski definition) is 2. The third-order valence-electron chi connectivity index (χ3n) is 2.80. The maximum absolute atomic E-state index is 11.8. The molecule has 0 bridgehead atoms. The predicted octanol–water partition coefficient (Wildman–Crippen LogP) is 2.85. The number of rotatable bonds is 9. The number of hydrogen-bond acceptors (Lipinski definition) is 3. The van der Waals surface area contributed by atoms with Crippen molar-refractivity contribution in [2.45, 2.75) is 32.2 Å². The van der Waals surface area contributed by atoms with Crippen LogP contribution in [-0.4, -0.2) is 28.5 Å². The summed E-state index contributed by atoms with van der Waals surface area (Å²) in [6.07, 6.45) is 2.65. The predicted molar refractivity (Wildman–Crippen MR) is 81.8 cm³/mol. The van der Waals surface area contributed by atoms with Crippen LogP contribution >= 0.6 is 11.8 Å². The number of carbonyl (C=O) groups is 2. The number of carboxylic acids is 1. The molecule has 0 aliphatic heterocycles. The van der Waals surface area contributed by atoms with Crippen molar-refractivity contribution in [2.24, 2.45) is 0 Å². The van der Waals surface area contributed by atoms with E-state index in [-0.39, 0.29) is 5.91 Å². The Bertz CT molecular complexity index is 422. The Morgan fingerprint density at radius 2 is 1.95 bits per heavy atom. The Balaban J connectivity index is 2.43. The second-order valence-corrected chi connectivity index (χ2v) is 5.69. The molecule has 1 aromatic carbocycles. The van der Waals surface area contributed by atoms with Gasteiger partial charge in [0.1, 0.15) is 0 Å². The molecule has 0 aliphatic rings. The highest BCUT2D eigenvalue weighted by Crippen LogP contribution is 2.13. The lowest BCUT2D eigenvalue weighted by Crippen LogP contribution is -2.33. The zero-order valence-electron chi connectivity index (χ0n) is 11.7. The van der Waals surface area contributed by atoms with Crippen LogP contribution in [0.15, 0.2) is 30.3 Å². The lowest BCUT2D eigenvalue weighted by molar-refractivity contribution is -0.142. The van der Waals surface area contributed by atoms with Gasteiger partial charge in [-0.2, -0.15) is 11.8 Å². The van der Waals surface area contributed by atoms with E-state index in [1.807, 2.05) is 6.07 Å². The molecule has 0 spiro atoms. The van der Waals surface area contributed by atoms with Crippen LogP contribution in [0.25, 0.3) is 0 Å². The Morgan fingerprint density at radius 1 is 1.25 bits per heavy atom. The Kier molecular flexibility index (Phi) is 7.80. The van der Waals surface area contributed by atoms with E-state index in [0.717, 1.165) is 24.3 Å². The first-order chi connectivity index (χ1) is 9.65. The molecule has 2 N–H and O–H groups in total. The smallest absolute Gasteiger partial charge is 0.330 e. The molecule has 5 heteroatoms. The maximum atomic E-state index is 11.8. The zero-order chi connectivity index (χ0) is 14.8. The first kappa shape index (κ1) is 16.6. The molecule has 0 unspecified atom stereocenters. The summed E-state index contributed by atoms with van der Waals surface area (Å²) in [5.41, 5.74) is 0.590. The van der Waals surface area contributed by atoms with Gasteiger partial charge in [0.2, 0.25) is 5.91 Å². The van der Waals surface area contributed by atoms with Gasteiger partial charge in [0.15, 0.2) is 6.04 Å². The van der Waals surface area contributed by atoms with E-state index in [1.165, 1.54) is 0 Å². The van der Waals surface area contributed by atoms with Crippen molar-refractivity contribution in [1.29, 1.82) is 0 Å². The van der Waals surface area contributed by atoms with Crippen molar-refractivity contribution in [3.8, 4) is 0 Å². The molecule has 1 rings (SSSR count). The van der Waals surface area contributed by atoms with Crippen molar-refractivity contribution in [2.75, 3.05) is 11.5 Å². The molecule has 4 nitrogen and oxygen atoms in total. The van der Waals surface area contributed by atoms with Crippen LogP contribution in [0, 0.1) is 0 Å². The quantitative estimate of drug-likeness (QED) is 0.687. The van der Waals surface area contributed by atoms with Crippen molar-refractivity contribution < 1.29 is 14.7 Å². The SMILES string of the molecule is CCCCSCCC(=O)N[C@@H](C(=O)O)c1ccccc1. The Morgan fingerprint density at radius 3 is 2.55 bits per heavy atom. The van der Waals surface area contributed by atoms with E-state index in [0.29, 0.717) is 12.0 Å². The fourth-order valence-corrected chi connectivity index (χ4v) is 2.71. The van der Waals surface area contributed by atoms with Crippen molar-refractivity contribution in [1.82, 2.24) is 5.32 Å². The molecule has 20 heavy (non-hydrogen) atoms. The molecule has 1 atom stereocenters. The third kappa shape index (κ3) is 6.10. The van der Waals surface area contributed by atoms with Crippen LogP contribution in [0.3, 0.4) is 0 Å². The molecule has 1 amide bonds. The molecule has 0 saturated heterocycles. The van der Waals surface area contributed by atoms with Gasteiger partial charge >= 0.3 is 5.97 Å². The summed E-state index contributed by atoms with van der Waals surface area (Å²) in [6, 6.07) is 7.78. The lowest BCUT2D eigenvalue weighted by atomic mass is 10.1. The number of aliphatic carboxylic acids is 1. The molecule has 1 aromatic rings. The van der Waals surface area contributed by atoms with Crippen LogP contribution in [0.4, 0.5) is 0 Å². The van der Waals surface area contributed by atoms with Gasteiger partial charge in [-0.1, -0.05) is 43.7 Å². The summed E-state index contributed by atoms with van der Waals surface area (Å²) in [5.74, 6) is 0.520. The van der Waals surface area contributed by atoms with Crippen LogP contribution in [-0.2, 0) is 9.59 Å². The van der Waals surface area contributed by atoms with Crippen LogP contribution in [0.1, 0.15) is 37.8 Å². The first-order valence-electron chi connectivity index (χ1n) is 6.80. The number of amides is 1. The van der Waals surface area contributed by atoms with E-state index < -0.39 is 12.0 Å². The monoisotopic (exact) mass is 295 g/mol. The fourth-order valence-electron chi connectivity index (χ4n) is 1.68. The standard InChI is InChI=1S/C15H21NO3S/c1-2-3-10-20-11-9-13(17)16-14(15(18)19)12-7-5-4-6-8-12/h4-8,14H,2-3,9-11H2,1H3,(H,16,17)(H,18,19)/t14-/m1/s1. The molecule has 0 radical (unpaired) electrons. The molecule has 0 aliphatic carbocycles. The van der Waals surface area contributed by atoms with Gasteiger partial charge in [0, 0.05) is 12.2 Å². The molecule has 0 heterocycles. The largest absolute Gasteiger partial charge is 0.479 e. The summed E-state index contributed by atoms with van der Waals surface area (Å²) in [4.78, 5) is 23.0. The highest BCUT2D eigenvalue weighted by atomic mass is 32.2. The first-order valence-corrected chi connectivity index (χ1v) is 7.95. The number of benzene rings is 1. The van der Waals surface area contributed by atoms with Crippen molar-refractivity contribution in [3.05, 3.63) is 35.9 Å². The van der Waals surface area contributed by atoms with Gasteiger partial charge < -0.3 is 10.4 Å². The van der Waals surface area contributed by atoms with E-state index in [4.69, 9.17) is 0 Å². The molecule has 0 aromatic heterocycles. The summed E-state index contributed by atoms with van der Waals surface area (Å²) < 4.78 is 0. The third-order valence-corrected chi connectivity index (χ3v) is 3.87. The topological polar surface area (TPSA) is 66.4 Å². The summed E-state index contributed by atoms with van der Waals surface area (Å²) >= 11 is 1.73. The fraction of sp³-hybridized carbons (Fsp3) is 0.467. The van der Waals surface area contributed by atoms with E-state index in [2.05, 4.69) is 12.2 Å². The van der Waals surface area contributed by atoms with Gasteiger partial charge in [-0.3, -0.25) is 4.79 Å². The van der Waals surface area contributed by atoms with Crippen LogP contribution < -0.4 is 5.32 Å². The average molecular weight is 295 g/mol. The summed E-state index contributed by atoms with van der Waals surface area (Å²) in [7, 11) is 0. The Labute approximate surface area is 124 Å². The van der Waals surface area contributed by atoms with E-state index in [9.17, 15) is 14.7 Å². The van der Waals surface area contributed by atoms with Gasteiger partial charge in [-0.15, -0.1) is 0 Å². The summed E-state index contributed by atoms with van der Waals surface area (Å²) in [5, 5.41) is 11.8. The number of thioether (sulfide) groups is 1. The molecule has 0 fully saturated rings. The van der Waals surface area contributed by atoms with Gasteiger partial charge in [0.25, 0.3) is 0 Å². The highest BCUT2D eigenvalue weighted by molar-refractivity contribution is 7.99. The van der Waals surface area contributed by atoms with Crippen molar-refractivity contribution >= 4 is 23.6 Å². The number of nitrogens with one attached hydrogen (secondary N) is 1. The molecule has 110 valence electrons. The van der Waals surface area contributed by atoms with Crippen LogP contribution in [0.2, 0.25) is 0 Å². The summed E-state index contributed by atoms with van der Waals surface area (Å²) in [6.45, 7) is 2.13. The minimum atomic E-state index is -1.04. The van der Waals surface area contributed by atoms with Gasteiger partial charge in [-0.05, 0) is 17.7 Å². The average Bonchev–Trinajstić information content (AvgIpc) is 2.45. The Hall–Kier alpha value is -1.49. The molecule has 0 saturated carbocycles. The van der Waals surface area contributed by atoms with Crippen molar-refractivity contribution in [3.63, 3.8) is 0 Å². The zero-order valence-corrected chi connectivity index (χ0v) is 12.5. The second-order valence-electron chi connectivity index (χ2n) is 4.47. The normalized spacial score (nSPS) is 11.8. The van der Waals surface area contributed by atoms with Gasteiger partial charge in [0.05, 0.1) is 0 Å². The van der Waals surface area contributed by atoms with Crippen LogP contribution in [0.5, 0.6) is 0 Å². The maximum Gasteiger partial charge on any atom is 0.330 e. The number of unbranched alkanes of at least 4 members (excludes halogenated alkanes) is 1. The number of carbonyl (C=O) groups excluding carboxylic acids is 1. The lowest BCUT2D eigenvalue weighted by Gasteiger charge is -2.14. The van der Waals surface area contributed by atoms with E-state index in [1.54, 1.807) is 36.0 Å². The minimum Gasteiger partial charge on any atom is -0.479 e. The molecular formula is C15H21NO3S. The molecular weight excluding hydrogens is 274 g/mol. The highest BCUT2D eigenvalue weighted by Gasteiger charge is 2.21. The minimum absolute atomic E-state index is 0.217. The number of carboxylic acid groups (broad SMARTS) is 1. The second kappa shape index (κ2) is 9.42.